The van der Waals surface area contributed by atoms with E-state index in [1.54, 1.807) is 18.2 Å². The first kappa shape index (κ1) is 11.8. The standard InChI is InChI=1S/C13H9NO2.Rh/c15-11-7-3-1-5-9(11)13-14-10-6-2-4-8-12(10)16-13;/h1-8,15H;. The molecule has 0 aliphatic rings. The molecule has 0 spiro atoms. The number of hydrogen-bond acceptors (Lipinski definition) is 3. The molecular weight excluding hydrogens is 305 g/mol. The van der Waals surface area contributed by atoms with Gasteiger partial charge < -0.3 is 9.52 Å². The maximum atomic E-state index is 9.69. The normalized spacial score (nSPS) is 10.1. The van der Waals surface area contributed by atoms with Gasteiger partial charge in [0.15, 0.2) is 5.58 Å². The number of aromatic hydroxyl groups is 1. The van der Waals surface area contributed by atoms with Gasteiger partial charge in [-0.2, -0.15) is 0 Å². The van der Waals surface area contributed by atoms with E-state index in [1.165, 1.54) is 0 Å². The minimum Gasteiger partial charge on any atom is -0.507 e. The molecule has 3 nitrogen and oxygen atoms in total. The van der Waals surface area contributed by atoms with Crippen molar-refractivity contribution in [1.82, 2.24) is 4.98 Å². The van der Waals surface area contributed by atoms with Gasteiger partial charge in [0, 0.05) is 19.5 Å². The van der Waals surface area contributed by atoms with E-state index in [2.05, 4.69) is 4.98 Å². The molecule has 3 rings (SSSR count). The molecule has 0 aliphatic heterocycles. The van der Waals surface area contributed by atoms with E-state index in [9.17, 15) is 5.11 Å². The number of fused-ring (bicyclic) bond motifs is 1. The van der Waals surface area contributed by atoms with Crippen molar-refractivity contribution in [2.45, 2.75) is 0 Å². The first-order valence-corrected chi connectivity index (χ1v) is 4.98. The minimum absolute atomic E-state index is 0. The third-order valence-corrected chi connectivity index (χ3v) is 2.43. The monoisotopic (exact) mass is 314 g/mol. The fraction of sp³-hybridized carbons (Fsp3) is 0. The van der Waals surface area contributed by atoms with Gasteiger partial charge in [0.05, 0.1) is 5.56 Å². The molecule has 0 atom stereocenters. The SMILES string of the molecule is Oc1ccccc1-c1nc2ccccc2o1.[Rh]. The number of oxazole rings is 1. The van der Waals surface area contributed by atoms with E-state index in [4.69, 9.17) is 4.42 Å². The summed E-state index contributed by atoms with van der Waals surface area (Å²) in [5.74, 6) is 0.619. The van der Waals surface area contributed by atoms with Crippen LogP contribution in [0, 0.1) is 0 Å². The largest absolute Gasteiger partial charge is 0.507 e. The molecule has 0 bridgehead atoms. The van der Waals surface area contributed by atoms with Crippen molar-refractivity contribution >= 4 is 11.1 Å². The number of phenols is 1. The van der Waals surface area contributed by atoms with Crippen LogP contribution in [0.15, 0.2) is 52.9 Å². The van der Waals surface area contributed by atoms with E-state index in [-0.39, 0.29) is 25.2 Å². The molecule has 0 aliphatic carbocycles. The summed E-state index contributed by atoms with van der Waals surface area (Å²) in [5.41, 5.74) is 2.13. The van der Waals surface area contributed by atoms with E-state index in [0.717, 1.165) is 11.1 Å². The molecule has 87 valence electrons. The maximum Gasteiger partial charge on any atom is 0.231 e. The third kappa shape index (κ3) is 2.09. The van der Waals surface area contributed by atoms with Gasteiger partial charge in [0.25, 0.3) is 0 Å². The second-order valence-corrected chi connectivity index (χ2v) is 3.50. The summed E-state index contributed by atoms with van der Waals surface area (Å²) in [6.45, 7) is 0. The minimum atomic E-state index is 0. The van der Waals surface area contributed by atoms with Gasteiger partial charge in [0.2, 0.25) is 5.89 Å². The van der Waals surface area contributed by atoms with Gasteiger partial charge in [-0.15, -0.1) is 0 Å². The van der Waals surface area contributed by atoms with Crippen molar-refractivity contribution in [1.29, 1.82) is 0 Å². The van der Waals surface area contributed by atoms with Crippen LogP contribution in [0.4, 0.5) is 0 Å². The first-order valence-electron chi connectivity index (χ1n) is 4.98. The Hall–Kier alpha value is -1.67. The Kier molecular flexibility index (Phi) is 3.25. The van der Waals surface area contributed by atoms with Crippen molar-refractivity contribution in [2.75, 3.05) is 0 Å². The zero-order chi connectivity index (χ0) is 11.0. The van der Waals surface area contributed by atoms with Gasteiger partial charge >= 0.3 is 0 Å². The molecule has 0 unspecified atom stereocenters. The summed E-state index contributed by atoms with van der Waals surface area (Å²) in [4.78, 5) is 4.32. The summed E-state index contributed by atoms with van der Waals surface area (Å²) < 4.78 is 5.56. The van der Waals surface area contributed by atoms with Crippen molar-refractivity contribution in [3.05, 3.63) is 48.5 Å². The Morgan fingerprint density at radius 1 is 0.941 bits per heavy atom. The molecule has 2 aromatic carbocycles. The molecule has 1 radical (unpaired) electrons. The van der Waals surface area contributed by atoms with Crippen LogP contribution in [0.5, 0.6) is 5.75 Å². The molecule has 1 N–H and O–H groups in total. The topological polar surface area (TPSA) is 46.3 Å². The second-order valence-electron chi connectivity index (χ2n) is 3.50. The van der Waals surface area contributed by atoms with Gasteiger partial charge in [-0.1, -0.05) is 24.3 Å². The summed E-state index contributed by atoms with van der Waals surface area (Å²) >= 11 is 0. The van der Waals surface area contributed by atoms with E-state index < -0.39 is 0 Å². The molecule has 0 saturated heterocycles. The molecule has 1 heterocycles. The zero-order valence-corrected chi connectivity index (χ0v) is 10.4. The Bertz CT molecular complexity index is 615. The molecule has 3 aromatic rings. The second kappa shape index (κ2) is 4.68. The van der Waals surface area contributed by atoms with E-state index >= 15 is 0 Å². The molecule has 0 saturated carbocycles. The van der Waals surface area contributed by atoms with Crippen LogP contribution in [-0.4, -0.2) is 10.1 Å². The van der Waals surface area contributed by atoms with E-state index in [1.807, 2.05) is 30.3 Å². The van der Waals surface area contributed by atoms with Crippen LogP contribution < -0.4 is 0 Å². The van der Waals surface area contributed by atoms with Crippen molar-refractivity contribution in [3.63, 3.8) is 0 Å². The fourth-order valence-electron chi connectivity index (χ4n) is 1.64. The molecule has 1 aromatic heterocycles. The number of benzene rings is 2. The maximum absolute atomic E-state index is 9.69. The van der Waals surface area contributed by atoms with Crippen molar-refractivity contribution in [2.24, 2.45) is 0 Å². The summed E-state index contributed by atoms with van der Waals surface area (Å²) in [7, 11) is 0. The van der Waals surface area contributed by atoms with Crippen LogP contribution >= 0.6 is 0 Å². The first-order chi connectivity index (χ1) is 7.84. The Morgan fingerprint density at radius 3 is 2.41 bits per heavy atom. The predicted molar refractivity (Wildman–Crippen MR) is 61.1 cm³/mol. The molecular formula is C13H9NO2Rh. The zero-order valence-electron chi connectivity index (χ0n) is 8.75. The number of hydrogen-bond donors (Lipinski definition) is 1. The Balaban J connectivity index is 0.00000108. The number of phenolic OH excluding ortho intramolecular Hbond substituents is 1. The van der Waals surface area contributed by atoms with Crippen LogP contribution in [0.3, 0.4) is 0 Å². The van der Waals surface area contributed by atoms with Crippen LogP contribution in [0.1, 0.15) is 0 Å². The summed E-state index contributed by atoms with van der Waals surface area (Å²) in [5, 5.41) is 9.69. The Labute approximate surface area is 111 Å². The van der Waals surface area contributed by atoms with Gasteiger partial charge in [-0.05, 0) is 24.3 Å². The smallest absolute Gasteiger partial charge is 0.231 e. The summed E-state index contributed by atoms with van der Waals surface area (Å²) in [6, 6.07) is 14.5. The molecule has 4 heteroatoms. The number of aromatic nitrogens is 1. The van der Waals surface area contributed by atoms with Gasteiger partial charge in [-0.3, -0.25) is 0 Å². The number of rotatable bonds is 1. The van der Waals surface area contributed by atoms with E-state index in [0.29, 0.717) is 11.5 Å². The van der Waals surface area contributed by atoms with Gasteiger partial charge in [0.1, 0.15) is 11.3 Å². The fourth-order valence-corrected chi connectivity index (χ4v) is 1.64. The number of para-hydroxylation sites is 3. The van der Waals surface area contributed by atoms with Crippen LogP contribution in [0.25, 0.3) is 22.6 Å². The van der Waals surface area contributed by atoms with Crippen molar-refractivity contribution < 1.29 is 29.0 Å². The van der Waals surface area contributed by atoms with Crippen molar-refractivity contribution in [3.8, 4) is 17.2 Å². The van der Waals surface area contributed by atoms with Gasteiger partial charge in [-0.25, -0.2) is 4.98 Å². The quantitative estimate of drug-likeness (QED) is 0.702. The molecule has 0 amide bonds. The summed E-state index contributed by atoms with van der Waals surface area (Å²) in [6.07, 6.45) is 0. The third-order valence-electron chi connectivity index (χ3n) is 2.43. The predicted octanol–water partition coefficient (Wildman–Crippen LogP) is 3.20. The molecule has 17 heavy (non-hydrogen) atoms. The number of nitrogens with zero attached hydrogens (tertiary/aromatic N) is 1. The average Bonchev–Trinajstić information content (AvgIpc) is 2.73. The Morgan fingerprint density at radius 2 is 1.65 bits per heavy atom. The van der Waals surface area contributed by atoms with Crippen LogP contribution in [0.2, 0.25) is 0 Å². The average molecular weight is 314 g/mol. The molecule has 0 fully saturated rings. The van der Waals surface area contributed by atoms with Crippen LogP contribution in [-0.2, 0) is 19.5 Å².